The smallest absolute Gasteiger partial charge is 0.262 e. The van der Waals surface area contributed by atoms with Crippen molar-refractivity contribution in [3.63, 3.8) is 0 Å². The van der Waals surface area contributed by atoms with Gasteiger partial charge < -0.3 is 19.7 Å². The second kappa shape index (κ2) is 9.20. The lowest BCUT2D eigenvalue weighted by atomic mass is 9.90. The number of piperidine rings is 1. The highest BCUT2D eigenvalue weighted by molar-refractivity contribution is 5.99. The highest BCUT2D eigenvalue weighted by Gasteiger charge is 2.25. The maximum atomic E-state index is 12.9. The van der Waals surface area contributed by atoms with Gasteiger partial charge in [-0.2, -0.15) is 0 Å². The van der Waals surface area contributed by atoms with Gasteiger partial charge in [0.1, 0.15) is 11.5 Å². The molecule has 2 aliphatic heterocycles. The van der Waals surface area contributed by atoms with Crippen LogP contribution in [0.15, 0.2) is 42.5 Å². The van der Waals surface area contributed by atoms with Gasteiger partial charge in [0.05, 0.1) is 12.3 Å². The number of likely N-dealkylation sites (tertiary alicyclic amines) is 1. The number of amides is 2. The highest BCUT2D eigenvalue weighted by atomic mass is 16.5. The molecule has 6 nitrogen and oxygen atoms in total. The third-order valence-corrected chi connectivity index (χ3v) is 5.84. The molecule has 0 atom stereocenters. The SMILES string of the molecule is CCOc1ccc(CCC2CCN(C(=O)c3ccc4c(c3)OCC(=O)N4)CC2)cc1. The number of ether oxygens (including phenoxy) is 2. The monoisotopic (exact) mass is 408 g/mol. The van der Waals surface area contributed by atoms with E-state index in [4.69, 9.17) is 9.47 Å². The third kappa shape index (κ3) is 4.75. The Balaban J connectivity index is 1.27. The highest BCUT2D eigenvalue weighted by Crippen LogP contribution is 2.30. The summed E-state index contributed by atoms with van der Waals surface area (Å²) in [5.41, 5.74) is 2.56. The van der Waals surface area contributed by atoms with Crippen molar-refractivity contribution in [1.29, 1.82) is 0 Å². The largest absolute Gasteiger partial charge is 0.494 e. The van der Waals surface area contributed by atoms with Crippen molar-refractivity contribution < 1.29 is 19.1 Å². The minimum atomic E-state index is -0.172. The molecule has 1 saturated heterocycles. The van der Waals surface area contributed by atoms with E-state index in [0.717, 1.165) is 44.5 Å². The van der Waals surface area contributed by atoms with Crippen LogP contribution in [0.2, 0.25) is 0 Å². The molecule has 0 aliphatic carbocycles. The molecule has 1 fully saturated rings. The fraction of sp³-hybridized carbons (Fsp3) is 0.417. The maximum Gasteiger partial charge on any atom is 0.262 e. The predicted molar refractivity (Wildman–Crippen MR) is 115 cm³/mol. The van der Waals surface area contributed by atoms with Gasteiger partial charge in [0.15, 0.2) is 6.61 Å². The zero-order chi connectivity index (χ0) is 20.9. The summed E-state index contributed by atoms with van der Waals surface area (Å²) in [6.07, 6.45) is 4.25. The number of nitrogens with one attached hydrogen (secondary N) is 1. The first kappa shape index (κ1) is 20.3. The molecule has 158 valence electrons. The van der Waals surface area contributed by atoms with Crippen molar-refractivity contribution in [2.24, 2.45) is 5.92 Å². The Morgan fingerprint density at radius 3 is 2.67 bits per heavy atom. The summed E-state index contributed by atoms with van der Waals surface area (Å²) in [4.78, 5) is 26.2. The Morgan fingerprint density at radius 1 is 1.17 bits per heavy atom. The third-order valence-electron chi connectivity index (χ3n) is 5.84. The molecule has 0 unspecified atom stereocenters. The van der Waals surface area contributed by atoms with Gasteiger partial charge in [-0.15, -0.1) is 0 Å². The molecule has 2 amide bonds. The average Bonchev–Trinajstić information content (AvgIpc) is 2.78. The summed E-state index contributed by atoms with van der Waals surface area (Å²) in [6, 6.07) is 13.6. The Kier molecular flexibility index (Phi) is 6.21. The van der Waals surface area contributed by atoms with E-state index in [1.165, 1.54) is 5.56 Å². The van der Waals surface area contributed by atoms with E-state index in [9.17, 15) is 9.59 Å². The fourth-order valence-electron chi connectivity index (χ4n) is 4.10. The number of aryl methyl sites for hydroxylation is 1. The molecule has 0 aromatic heterocycles. The van der Waals surface area contributed by atoms with E-state index in [2.05, 4.69) is 17.4 Å². The number of fused-ring (bicyclic) bond motifs is 1. The number of rotatable bonds is 6. The molecule has 6 heteroatoms. The molecule has 2 aromatic carbocycles. The summed E-state index contributed by atoms with van der Waals surface area (Å²) in [5, 5.41) is 2.75. The number of anilines is 1. The second-order valence-electron chi connectivity index (χ2n) is 7.90. The molecular weight excluding hydrogens is 380 g/mol. The second-order valence-corrected chi connectivity index (χ2v) is 7.90. The number of benzene rings is 2. The van der Waals surface area contributed by atoms with Crippen molar-refractivity contribution in [2.45, 2.75) is 32.6 Å². The molecule has 4 rings (SSSR count). The van der Waals surface area contributed by atoms with Crippen LogP contribution in [-0.2, 0) is 11.2 Å². The average molecular weight is 408 g/mol. The van der Waals surface area contributed by atoms with Crippen LogP contribution in [0.3, 0.4) is 0 Å². The molecule has 0 spiro atoms. The van der Waals surface area contributed by atoms with E-state index in [-0.39, 0.29) is 18.4 Å². The lowest BCUT2D eigenvalue weighted by molar-refractivity contribution is -0.118. The molecule has 2 heterocycles. The van der Waals surface area contributed by atoms with E-state index in [1.807, 2.05) is 24.0 Å². The molecule has 0 radical (unpaired) electrons. The number of carbonyl (C=O) groups excluding carboxylic acids is 2. The molecule has 0 saturated carbocycles. The van der Waals surface area contributed by atoms with Gasteiger partial charge in [0, 0.05) is 18.7 Å². The zero-order valence-electron chi connectivity index (χ0n) is 17.4. The lowest BCUT2D eigenvalue weighted by Gasteiger charge is -2.32. The van der Waals surface area contributed by atoms with Crippen LogP contribution in [0.4, 0.5) is 5.69 Å². The minimum Gasteiger partial charge on any atom is -0.494 e. The number of carbonyl (C=O) groups is 2. The molecule has 2 aliphatic rings. The van der Waals surface area contributed by atoms with Gasteiger partial charge in [0.25, 0.3) is 11.8 Å². The van der Waals surface area contributed by atoms with E-state index in [0.29, 0.717) is 29.5 Å². The van der Waals surface area contributed by atoms with Crippen molar-refractivity contribution in [3.05, 3.63) is 53.6 Å². The van der Waals surface area contributed by atoms with Gasteiger partial charge >= 0.3 is 0 Å². The van der Waals surface area contributed by atoms with Gasteiger partial charge in [-0.1, -0.05) is 12.1 Å². The number of hydrogen-bond acceptors (Lipinski definition) is 4. The molecular formula is C24H28N2O4. The lowest BCUT2D eigenvalue weighted by Crippen LogP contribution is -2.38. The standard InChI is InChI=1S/C24H28N2O4/c1-2-29-20-8-5-17(6-9-20)3-4-18-11-13-26(14-12-18)24(28)19-7-10-21-22(15-19)30-16-23(27)25-21/h5-10,15,18H,2-4,11-14,16H2,1H3,(H,25,27). The minimum absolute atomic E-state index is 0.00953. The molecule has 30 heavy (non-hydrogen) atoms. The van der Waals surface area contributed by atoms with Crippen LogP contribution in [0.5, 0.6) is 11.5 Å². The van der Waals surface area contributed by atoms with Crippen molar-refractivity contribution in [2.75, 3.05) is 31.6 Å². The van der Waals surface area contributed by atoms with Gasteiger partial charge in [-0.05, 0) is 74.4 Å². The van der Waals surface area contributed by atoms with Crippen LogP contribution in [-0.4, -0.2) is 43.0 Å². The molecule has 1 N–H and O–H groups in total. The van der Waals surface area contributed by atoms with E-state index < -0.39 is 0 Å². The first-order chi connectivity index (χ1) is 14.6. The summed E-state index contributed by atoms with van der Waals surface area (Å²) >= 11 is 0. The quantitative estimate of drug-likeness (QED) is 0.787. The normalized spacial score (nSPS) is 16.4. The first-order valence-electron chi connectivity index (χ1n) is 10.7. The van der Waals surface area contributed by atoms with Gasteiger partial charge in [-0.3, -0.25) is 9.59 Å². The Morgan fingerprint density at radius 2 is 1.93 bits per heavy atom. The van der Waals surface area contributed by atoms with Crippen LogP contribution >= 0.6 is 0 Å². The maximum absolute atomic E-state index is 12.9. The summed E-state index contributed by atoms with van der Waals surface area (Å²) in [5.74, 6) is 1.98. The Bertz CT molecular complexity index is 902. The predicted octanol–water partition coefficient (Wildman–Crippen LogP) is 3.90. The zero-order valence-corrected chi connectivity index (χ0v) is 17.4. The Labute approximate surface area is 177 Å². The van der Waals surface area contributed by atoms with Crippen LogP contribution in [0.1, 0.15) is 42.1 Å². The topological polar surface area (TPSA) is 67.9 Å². The number of hydrogen-bond donors (Lipinski definition) is 1. The molecule has 2 aromatic rings. The number of nitrogens with zero attached hydrogens (tertiary/aromatic N) is 1. The van der Waals surface area contributed by atoms with Crippen molar-refractivity contribution >= 4 is 17.5 Å². The molecule has 0 bridgehead atoms. The van der Waals surface area contributed by atoms with E-state index >= 15 is 0 Å². The Hall–Kier alpha value is -3.02. The summed E-state index contributed by atoms with van der Waals surface area (Å²) < 4.78 is 10.9. The van der Waals surface area contributed by atoms with Crippen LogP contribution in [0.25, 0.3) is 0 Å². The van der Waals surface area contributed by atoms with E-state index in [1.54, 1.807) is 18.2 Å². The fourth-order valence-corrected chi connectivity index (χ4v) is 4.10. The summed E-state index contributed by atoms with van der Waals surface area (Å²) in [6.45, 7) is 4.22. The first-order valence-corrected chi connectivity index (χ1v) is 10.7. The van der Waals surface area contributed by atoms with Crippen molar-refractivity contribution in [3.8, 4) is 11.5 Å². The van der Waals surface area contributed by atoms with Crippen LogP contribution in [0, 0.1) is 5.92 Å². The summed E-state index contributed by atoms with van der Waals surface area (Å²) in [7, 11) is 0. The van der Waals surface area contributed by atoms with Gasteiger partial charge in [0.2, 0.25) is 0 Å². The van der Waals surface area contributed by atoms with Gasteiger partial charge in [-0.25, -0.2) is 0 Å². The van der Waals surface area contributed by atoms with Crippen molar-refractivity contribution in [1.82, 2.24) is 4.90 Å². The van der Waals surface area contributed by atoms with Crippen LogP contribution < -0.4 is 14.8 Å².